The van der Waals surface area contributed by atoms with E-state index in [4.69, 9.17) is 9.47 Å². The summed E-state index contributed by atoms with van der Waals surface area (Å²) in [5.41, 5.74) is 0.721. The summed E-state index contributed by atoms with van der Waals surface area (Å²) in [6.07, 6.45) is 4.60. The summed E-state index contributed by atoms with van der Waals surface area (Å²) < 4.78 is 9.92. The predicted molar refractivity (Wildman–Crippen MR) is 90.7 cm³/mol. The van der Waals surface area contributed by atoms with Crippen LogP contribution in [0.1, 0.15) is 39.0 Å². The maximum absolute atomic E-state index is 12.7. The minimum absolute atomic E-state index is 0.237. The van der Waals surface area contributed by atoms with Crippen molar-refractivity contribution in [1.29, 1.82) is 0 Å². The van der Waals surface area contributed by atoms with Crippen molar-refractivity contribution in [3.8, 4) is 5.75 Å². The van der Waals surface area contributed by atoms with Crippen molar-refractivity contribution < 1.29 is 19.1 Å². The minimum Gasteiger partial charge on any atom is -0.497 e. The fraction of sp³-hybridized carbons (Fsp3) is 0.556. The number of hydrogen-bond donors (Lipinski definition) is 0. The van der Waals surface area contributed by atoms with Crippen molar-refractivity contribution in [2.45, 2.75) is 39.0 Å². The lowest BCUT2D eigenvalue weighted by atomic mass is 9.99. The van der Waals surface area contributed by atoms with E-state index >= 15 is 0 Å². The molecule has 1 aromatic carbocycles. The Bertz CT molecular complexity index is 498. The monoisotopic (exact) mass is 321 g/mol. The van der Waals surface area contributed by atoms with Crippen molar-refractivity contribution in [3.63, 3.8) is 0 Å². The second-order valence-electron chi connectivity index (χ2n) is 5.52. The average molecular weight is 321 g/mol. The molecule has 0 saturated carbocycles. The second-order valence-corrected chi connectivity index (χ2v) is 5.52. The van der Waals surface area contributed by atoms with Crippen LogP contribution >= 0.6 is 0 Å². The lowest BCUT2D eigenvalue weighted by molar-refractivity contribution is -0.149. The van der Waals surface area contributed by atoms with E-state index in [2.05, 4.69) is 6.92 Å². The molecule has 1 atom stereocenters. The Morgan fingerprint density at radius 2 is 1.74 bits per heavy atom. The van der Waals surface area contributed by atoms with Gasteiger partial charge < -0.3 is 14.4 Å². The summed E-state index contributed by atoms with van der Waals surface area (Å²) in [6.45, 7) is 2.13. The van der Waals surface area contributed by atoms with Gasteiger partial charge in [0.15, 0.2) is 0 Å². The van der Waals surface area contributed by atoms with Gasteiger partial charge in [-0.25, -0.2) is 0 Å². The van der Waals surface area contributed by atoms with Crippen LogP contribution in [-0.4, -0.2) is 33.1 Å². The lowest BCUT2D eigenvalue weighted by Gasteiger charge is -2.22. The summed E-state index contributed by atoms with van der Waals surface area (Å²) in [4.78, 5) is 26.1. The number of anilines is 1. The second kappa shape index (κ2) is 9.87. The molecule has 1 unspecified atom stereocenters. The Morgan fingerprint density at radius 1 is 1.09 bits per heavy atom. The predicted octanol–water partition coefficient (Wildman–Crippen LogP) is 3.42. The van der Waals surface area contributed by atoms with E-state index in [0.717, 1.165) is 37.1 Å². The third-order valence-corrected chi connectivity index (χ3v) is 3.92. The molecule has 0 heterocycles. The minimum atomic E-state index is -0.746. The molecule has 128 valence electrons. The highest BCUT2D eigenvalue weighted by atomic mass is 16.5. The van der Waals surface area contributed by atoms with E-state index < -0.39 is 11.9 Å². The zero-order valence-corrected chi connectivity index (χ0v) is 14.5. The van der Waals surface area contributed by atoms with E-state index in [-0.39, 0.29) is 5.91 Å². The first-order chi connectivity index (χ1) is 11.0. The normalized spacial score (nSPS) is 11.7. The summed E-state index contributed by atoms with van der Waals surface area (Å²) in [5.74, 6) is -0.729. The number of carbonyl (C=O) groups excluding carboxylic acids is 2. The number of nitrogens with zero attached hydrogens (tertiary/aromatic N) is 1. The number of ether oxygens (including phenoxy) is 2. The molecular formula is C18H27NO4. The Morgan fingerprint density at radius 3 is 2.26 bits per heavy atom. The molecule has 0 fully saturated rings. The zero-order valence-electron chi connectivity index (χ0n) is 14.5. The smallest absolute Gasteiger partial charge is 0.318 e. The van der Waals surface area contributed by atoms with Gasteiger partial charge in [-0.05, 0) is 30.7 Å². The maximum atomic E-state index is 12.7. The zero-order chi connectivity index (χ0) is 17.2. The van der Waals surface area contributed by atoms with Gasteiger partial charge in [-0.1, -0.05) is 32.6 Å². The Labute approximate surface area is 138 Å². The Kier molecular flexibility index (Phi) is 8.16. The van der Waals surface area contributed by atoms with Gasteiger partial charge in [0.2, 0.25) is 5.91 Å². The van der Waals surface area contributed by atoms with Crippen LogP contribution < -0.4 is 9.64 Å². The summed E-state index contributed by atoms with van der Waals surface area (Å²) >= 11 is 0. The van der Waals surface area contributed by atoms with E-state index in [1.165, 1.54) is 12.0 Å². The van der Waals surface area contributed by atoms with E-state index in [1.807, 2.05) is 0 Å². The van der Waals surface area contributed by atoms with Crippen LogP contribution in [0.5, 0.6) is 5.75 Å². The van der Waals surface area contributed by atoms with Gasteiger partial charge in [-0.3, -0.25) is 9.59 Å². The number of benzene rings is 1. The van der Waals surface area contributed by atoms with Crippen molar-refractivity contribution in [2.24, 2.45) is 5.92 Å². The molecule has 5 nitrogen and oxygen atoms in total. The van der Waals surface area contributed by atoms with Gasteiger partial charge in [0.25, 0.3) is 0 Å². The highest BCUT2D eigenvalue weighted by Gasteiger charge is 2.30. The molecule has 0 N–H and O–H groups in total. The molecule has 0 aliphatic heterocycles. The molecule has 0 aliphatic rings. The number of rotatable bonds is 9. The molecule has 0 aromatic heterocycles. The molecule has 23 heavy (non-hydrogen) atoms. The van der Waals surface area contributed by atoms with Crippen LogP contribution in [0.25, 0.3) is 0 Å². The van der Waals surface area contributed by atoms with Crippen LogP contribution in [0.4, 0.5) is 5.69 Å². The van der Waals surface area contributed by atoms with Crippen LogP contribution in [0.2, 0.25) is 0 Å². The van der Waals surface area contributed by atoms with E-state index in [9.17, 15) is 9.59 Å². The molecule has 1 amide bonds. The SMILES string of the molecule is CCCCCCC(C(=O)OC)C(=O)N(C)c1ccc(OC)cc1. The van der Waals surface area contributed by atoms with Gasteiger partial charge >= 0.3 is 5.97 Å². The third kappa shape index (κ3) is 5.58. The first kappa shape index (κ1) is 19.0. The van der Waals surface area contributed by atoms with Gasteiger partial charge in [0.05, 0.1) is 14.2 Å². The number of amides is 1. The lowest BCUT2D eigenvalue weighted by Crippen LogP contribution is -2.37. The molecular weight excluding hydrogens is 294 g/mol. The molecule has 0 aliphatic carbocycles. The van der Waals surface area contributed by atoms with Crippen LogP contribution in [0, 0.1) is 5.92 Å². The summed E-state index contributed by atoms with van der Waals surface area (Å²) in [5, 5.41) is 0. The number of hydrogen-bond acceptors (Lipinski definition) is 4. The molecule has 0 bridgehead atoms. The van der Waals surface area contributed by atoms with Crippen LogP contribution in [-0.2, 0) is 14.3 Å². The van der Waals surface area contributed by atoms with E-state index in [1.54, 1.807) is 38.4 Å². The first-order valence-corrected chi connectivity index (χ1v) is 8.04. The van der Waals surface area contributed by atoms with Gasteiger partial charge in [-0.2, -0.15) is 0 Å². The molecule has 0 spiro atoms. The van der Waals surface area contributed by atoms with Gasteiger partial charge in [0, 0.05) is 12.7 Å². The molecule has 1 rings (SSSR count). The highest BCUT2D eigenvalue weighted by Crippen LogP contribution is 2.22. The topological polar surface area (TPSA) is 55.8 Å². The average Bonchev–Trinajstić information content (AvgIpc) is 2.60. The molecule has 0 saturated heterocycles. The Balaban J connectivity index is 2.78. The fourth-order valence-electron chi connectivity index (χ4n) is 2.43. The third-order valence-electron chi connectivity index (χ3n) is 3.92. The largest absolute Gasteiger partial charge is 0.497 e. The summed E-state index contributed by atoms with van der Waals surface area (Å²) in [7, 11) is 4.58. The maximum Gasteiger partial charge on any atom is 0.318 e. The number of unbranched alkanes of at least 4 members (excludes halogenated alkanes) is 3. The highest BCUT2D eigenvalue weighted by molar-refractivity contribution is 6.05. The van der Waals surface area contributed by atoms with Gasteiger partial charge in [-0.15, -0.1) is 0 Å². The van der Waals surface area contributed by atoms with Crippen molar-refractivity contribution >= 4 is 17.6 Å². The van der Waals surface area contributed by atoms with Crippen molar-refractivity contribution in [2.75, 3.05) is 26.2 Å². The fourth-order valence-corrected chi connectivity index (χ4v) is 2.43. The van der Waals surface area contributed by atoms with Gasteiger partial charge in [0.1, 0.15) is 11.7 Å². The molecule has 0 radical (unpaired) electrons. The molecule has 5 heteroatoms. The summed E-state index contributed by atoms with van der Waals surface area (Å²) in [6, 6.07) is 7.16. The van der Waals surface area contributed by atoms with Crippen molar-refractivity contribution in [1.82, 2.24) is 0 Å². The van der Waals surface area contributed by atoms with Crippen LogP contribution in [0.3, 0.4) is 0 Å². The number of carbonyl (C=O) groups is 2. The standard InChI is InChI=1S/C18H27NO4/c1-5-6-7-8-9-16(18(21)23-4)17(20)19(2)14-10-12-15(22-3)13-11-14/h10-13,16H,5-9H2,1-4H3. The van der Waals surface area contributed by atoms with E-state index in [0.29, 0.717) is 6.42 Å². The Hall–Kier alpha value is -2.04. The first-order valence-electron chi connectivity index (χ1n) is 8.04. The molecule has 1 aromatic rings. The number of esters is 1. The quantitative estimate of drug-likeness (QED) is 0.397. The van der Waals surface area contributed by atoms with Crippen LogP contribution in [0.15, 0.2) is 24.3 Å². The van der Waals surface area contributed by atoms with Crippen molar-refractivity contribution in [3.05, 3.63) is 24.3 Å². The number of methoxy groups -OCH3 is 2.